The molecule has 0 saturated carbocycles. The lowest BCUT2D eigenvalue weighted by atomic mass is 10.1. The Balaban J connectivity index is 1.79. The fourth-order valence-electron chi connectivity index (χ4n) is 2.56. The fraction of sp³-hybridized carbons (Fsp3) is 0.438. The van der Waals surface area contributed by atoms with Gasteiger partial charge in [0.2, 0.25) is 0 Å². The van der Waals surface area contributed by atoms with Crippen LogP contribution in [0, 0.1) is 0 Å². The van der Waals surface area contributed by atoms with Crippen LogP contribution in [0.15, 0.2) is 30.7 Å². The summed E-state index contributed by atoms with van der Waals surface area (Å²) in [5.41, 5.74) is 0.483. The second-order valence-corrected chi connectivity index (χ2v) is 5.44. The maximum Gasteiger partial charge on any atom is 0.256 e. The van der Waals surface area contributed by atoms with Crippen molar-refractivity contribution in [3.8, 4) is 0 Å². The van der Waals surface area contributed by atoms with Crippen LogP contribution in [0.25, 0.3) is 0 Å². The van der Waals surface area contributed by atoms with Gasteiger partial charge in [0, 0.05) is 26.4 Å². The largest absolute Gasteiger partial charge is 0.383 e. The normalized spacial score (nSPS) is 17.3. The van der Waals surface area contributed by atoms with E-state index in [4.69, 9.17) is 9.47 Å². The predicted molar refractivity (Wildman–Crippen MR) is 89.0 cm³/mol. The number of hydrogen-bond donors (Lipinski definition) is 1. The molecule has 0 radical (unpaired) electrons. The monoisotopic (exact) mass is 344 g/mol. The minimum Gasteiger partial charge on any atom is -0.383 e. The molecule has 1 atom stereocenters. The molecule has 1 aliphatic heterocycles. The van der Waals surface area contributed by atoms with Crippen molar-refractivity contribution < 1.29 is 14.3 Å². The van der Waals surface area contributed by atoms with Crippen LogP contribution in [-0.4, -0.2) is 71.0 Å². The first-order valence-corrected chi connectivity index (χ1v) is 8.01. The van der Waals surface area contributed by atoms with Crippen LogP contribution in [0.4, 0.5) is 5.82 Å². The van der Waals surface area contributed by atoms with Crippen molar-refractivity contribution in [3.63, 3.8) is 0 Å². The molecular weight excluding hydrogens is 324 g/mol. The van der Waals surface area contributed by atoms with E-state index in [9.17, 15) is 4.79 Å². The van der Waals surface area contributed by atoms with Crippen molar-refractivity contribution >= 4 is 11.7 Å². The highest BCUT2D eigenvalue weighted by atomic mass is 16.5. The quantitative estimate of drug-likeness (QED) is 0.758. The van der Waals surface area contributed by atoms with Crippen molar-refractivity contribution in [2.24, 2.45) is 0 Å². The molecule has 1 amide bonds. The number of ether oxygens (including phenoxy) is 2. The summed E-state index contributed by atoms with van der Waals surface area (Å²) < 4.78 is 10.6. The Morgan fingerprint density at radius 2 is 2.32 bits per heavy atom. The topological polar surface area (TPSA) is 102 Å². The van der Waals surface area contributed by atoms with E-state index in [0.29, 0.717) is 50.1 Å². The number of nitrogens with one attached hydrogen (secondary N) is 1. The average molecular weight is 344 g/mol. The summed E-state index contributed by atoms with van der Waals surface area (Å²) in [6, 6.07) is 3.08. The molecule has 1 unspecified atom stereocenters. The van der Waals surface area contributed by atoms with E-state index < -0.39 is 0 Å². The molecule has 0 aromatic carbocycles. The van der Waals surface area contributed by atoms with Gasteiger partial charge in [-0.3, -0.25) is 4.79 Å². The maximum absolute atomic E-state index is 12.8. The van der Waals surface area contributed by atoms with Crippen LogP contribution < -0.4 is 5.32 Å². The highest BCUT2D eigenvalue weighted by molar-refractivity contribution is 5.94. The summed E-state index contributed by atoms with van der Waals surface area (Å²) in [5, 5.41) is 10.6. The van der Waals surface area contributed by atoms with E-state index in [1.165, 1.54) is 12.4 Å². The van der Waals surface area contributed by atoms with Crippen molar-refractivity contribution in [2.75, 3.05) is 45.3 Å². The molecular formula is C16H20N6O3. The Labute approximate surface area is 145 Å². The molecule has 3 heterocycles. The van der Waals surface area contributed by atoms with E-state index in [1.54, 1.807) is 30.3 Å². The van der Waals surface area contributed by atoms with Crippen LogP contribution in [0.1, 0.15) is 22.2 Å². The summed E-state index contributed by atoms with van der Waals surface area (Å²) in [7, 11) is 1.64. The lowest BCUT2D eigenvalue weighted by Gasteiger charge is -2.34. The standard InChI is InChI=1S/C16H20N6O3/c1-24-8-6-17-14-3-4-18-15(21-14)13-11-25-9-7-22(13)16(23)12-2-5-19-20-10-12/h2-5,10,13H,6-9,11H2,1H3,(H,17,18,21). The molecule has 132 valence electrons. The molecule has 0 aliphatic carbocycles. The zero-order valence-electron chi connectivity index (χ0n) is 14.0. The van der Waals surface area contributed by atoms with E-state index in [-0.39, 0.29) is 11.9 Å². The van der Waals surface area contributed by atoms with E-state index in [0.717, 1.165) is 0 Å². The van der Waals surface area contributed by atoms with Gasteiger partial charge in [0.05, 0.1) is 37.8 Å². The van der Waals surface area contributed by atoms with Crippen LogP contribution in [0.2, 0.25) is 0 Å². The minimum absolute atomic E-state index is 0.135. The van der Waals surface area contributed by atoms with Gasteiger partial charge in [-0.05, 0) is 12.1 Å². The molecule has 3 rings (SSSR count). The molecule has 9 heteroatoms. The van der Waals surface area contributed by atoms with Gasteiger partial charge in [-0.25, -0.2) is 9.97 Å². The van der Waals surface area contributed by atoms with Crippen LogP contribution in [0.3, 0.4) is 0 Å². The third kappa shape index (κ3) is 4.25. The van der Waals surface area contributed by atoms with E-state index >= 15 is 0 Å². The summed E-state index contributed by atoms with van der Waals surface area (Å²) in [5.74, 6) is 1.09. The summed E-state index contributed by atoms with van der Waals surface area (Å²) in [4.78, 5) is 23.4. The smallest absolute Gasteiger partial charge is 0.256 e. The fourth-order valence-corrected chi connectivity index (χ4v) is 2.56. The van der Waals surface area contributed by atoms with Crippen molar-refractivity contribution in [2.45, 2.75) is 6.04 Å². The van der Waals surface area contributed by atoms with E-state index in [1.807, 2.05) is 0 Å². The molecule has 1 aliphatic rings. The number of anilines is 1. The summed E-state index contributed by atoms with van der Waals surface area (Å²) in [6.45, 7) is 2.51. The first-order valence-electron chi connectivity index (χ1n) is 8.01. The molecule has 25 heavy (non-hydrogen) atoms. The zero-order valence-corrected chi connectivity index (χ0v) is 14.0. The van der Waals surface area contributed by atoms with Crippen LogP contribution >= 0.6 is 0 Å². The third-order valence-corrected chi connectivity index (χ3v) is 3.81. The zero-order chi connectivity index (χ0) is 17.5. The lowest BCUT2D eigenvalue weighted by molar-refractivity contribution is -0.00522. The third-order valence-electron chi connectivity index (χ3n) is 3.81. The molecule has 1 N–H and O–H groups in total. The first-order chi connectivity index (χ1) is 12.3. The molecule has 9 nitrogen and oxygen atoms in total. The van der Waals surface area contributed by atoms with Gasteiger partial charge in [0.15, 0.2) is 5.82 Å². The van der Waals surface area contributed by atoms with Gasteiger partial charge in [0.25, 0.3) is 5.91 Å². The molecule has 0 bridgehead atoms. The highest BCUT2D eigenvalue weighted by Gasteiger charge is 2.31. The number of methoxy groups -OCH3 is 1. The number of carbonyl (C=O) groups excluding carboxylic acids is 1. The molecule has 1 fully saturated rings. The van der Waals surface area contributed by atoms with Gasteiger partial charge < -0.3 is 19.7 Å². The lowest BCUT2D eigenvalue weighted by Crippen LogP contribution is -2.44. The second-order valence-electron chi connectivity index (χ2n) is 5.44. The Morgan fingerprint density at radius 3 is 3.12 bits per heavy atom. The maximum atomic E-state index is 12.8. The van der Waals surface area contributed by atoms with Gasteiger partial charge in [0.1, 0.15) is 11.9 Å². The van der Waals surface area contributed by atoms with Gasteiger partial charge in [-0.15, -0.1) is 0 Å². The van der Waals surface area contributed by atoms with Gasteiger partial charge >= 0.3 is 0 Å². The SMILES string of the molecule is COCCNc1ccnc(C2COCCN2C(=O)c2ccnnc2)n1. The van der Waals surface area contributed by atoms with Crippen molar-refractivity contribution in [1.29, 1.82) is 0 Å². The molecule has 1 saturated heterocycles. The Hall–Kier alpha value is -2.65. The number of hydrogen-bond acceptors (Lipinski definition) is 8. The molecule has 2 aromatic heterocycles. The summed E-state index contributed by atoms with van der Waals surface area (Å²) >= 11 is 0. The number of nitrogens with zero attached hydrogens (tertiary/aromatic N) is 5. The molecule has 2 aromatic rings. The number of rotatable bonds is 6. The van der Waals surface area contributed by atoms with Crippen LogP contribution in [0.5, 0.6) is 0 Å². The van der Waals surface area contributed by atoms with Crippen molar-refractivity contribution in [3.05, 3.63) is 42.1 Å². The minimum atomic E-state index is -0.349. The second kappa shape index (κ2) is 8.45. The number of aromatic nitrogens is 4. The Kier molecular flexibility index (Phi) is 5.81. The van der Waals surface area contributed by atoms with Crippen molar-refractivity contribution in [1.82, 2.24) is 25.1 Å². The highest BCUT2D eigenvalue weighted by Crippen LogP contribution is 2.24. The van der Waals surface area contributed by atoms with Crippen LogP contribution in [-0.2, 0) is 9.47 Å². The number of carbonyl (C=O) groups is 1. The van der Waals surface area contributed by atoms with E-state index in [2.05, 4.69) is 25.5 Å². The average Bonchev–Trinajstić information content (AvgIpc) is 2.68. The van der Waals surface area contributed by atoms with Gasteiger partial charge in [-0.2, -0.15) is 10.2 Å². The Bertz CT molecular complexity index is 699. The first kappa shape index (κ1) is 17.2. The summed E-state index contributed by atoms with van der Waals surface area (Å²) in [6.07, 6.45) is 4.63. The number of morpholine rings is 1. The Morgan fingerprint density at radius 1 is 1.40 bits per heavy atom. The number of amides is 1. The molecule has 0 spiro atoms. The van der Waals surface area contributed by atoms with Gasteiger partial charge in [-0.1, -0.05) is 0 Å². The predicted octanol–water partition coefficient (Wildman–Crippen LogP) is 0.539.